The van der Waals surface area contributed by atoms with Gasteiger partial charge in [-0.1, -0.05) is 34.1 Å². The molecule has 0 amide bonds. The van der Waals surface area contributed by atoms with Crippen LogP contribution in [0.1, 0.15) is 28.9 Å². The van der Waals surface area contributed by atoms with Gasteiger partial charge in [0.25, 0.3) is 0 Å². The fraction of sp³-hybridized carbons (Fsp3) is 0.200. The number of hydrogen-bond donors (Lipinski definition) is 2. The van der Waals surface area contributed by atoms with Crippen LogP contribution in [0.4, 0.5) is 11.9 Å². The molecule has 0 spiro atoms. The van der Waals surface area contributed by atoms with E-state index in [1.807, 2.05) is 4.68 Å². The molecule has 22 heavy (non-hydrogen) atoms. The zero-order valence-corrected chi connectivity index (χ0v) is 14.0. The third kappa shape index (κ3) is 2.40. The molecule has 1 aliphatic rings. The highest BCUT2D eigenvalue weighted by atomic mass is 79.9. The van der Waals surface area contributed by atoms with Crippen molar-refractivity contribution in [3.63, 3.8) is 0 Å². The van der Waals surface area contributed by atoms with Crippen LogP contribution in [0.3, 0.4) is 0 Å². The number of fused-ring (bicyclic) bond motifs is 1. The van der Waals surface area contributed by atoms with Crippen LogP contribution in [0.2, 0.25) is 0 Å². The van der Waals surface area contributed by atoms with Crippen molar-refractivity contribution in [3.8, 4) is 0 Å². The van der Waals surface area contributed by atoms with Crippen LogP contribution in [0.15, 0.2) is 46.3 Å². The van der Waals surface area contributed by atoms with Gasteiger partial charge in [0.1, 0.15) is 0 Å². The highest BCUT2D eigenvalue weighted by molar-refractivity contribution is 9.10. The minimum atomic E-state index is 0.162. The minimum Gasteiger partial charge on any atom is -0.366 e. The molecular formula is C15H14BrN5S. The average molecular weight is 376 g/mol. The summed E-state index contributed by atoms with van der Waals surface area (Å²) in [6, 6.07) is 12.9. The van der Waals surface area contributed by atoms with Crippen molar-refractivity contribution in [2.45, 2.75) is 18.5 Å². The molecule has 3 aromatic rings. The Morgan fingerprint density at radius 1 is 1.27 bits per heavy atom. The van der Waals surface area contributed by atoms with Crippen molar-refractivity contribution in [1.82, 2.24) is 14.8 Å². The molecule has 7 heteroatoms. The van der Waals surface area contributed by atoms with E-state index in [2.05, 4.69) is 73.1 Å². The van der Waals surface area contributed by atoms with Crippen molar-refractivity contribution >= 4 is 39.2 Å². The van der Waals surface area contributed by atoms with Gasteiger partial charge in [-0.05, 0) is 35.6 Å². The topological polar surface area (TPSA) is 68.8 Å². The number of hydrogen-bond acceptors (Lipinski definition) is 5. The molecule has 0 saturated carbocycles. The summed E-state index contributed by atoms with van der Waals surface area (Å²) >= 11 is 5.22. The van der Waals surface area contributed by atoms with Crippen LogP contribution >= 0.6 is 27.3 Å². The predicted octanol–water partition coefficient (Wildman–Crippen LogP) is 3.83. The first-order valence-electron chi connectivity index (χ1n) is 6.98. The SMILES string of the molecule is Nc1nc2n(n1)[C@H](c1cccs1)C[C@H](c1ccc(Br)cc1)N2. The zero-order chi connectivity index (χ0) is 15.1. The maximum absolute atomic E-state index is 5.79. The van der Waals surface area contributed by atoms with Gasteiger partial charge < -0.3 is 11.1 Å². The molecule has 0 aliphatic carbocycles. The van der Waals surface area contributed by atoms with Gasteiger partial charge in [-0.25, -0.2) is 4.68 Å². The summed E-state index contributed by atoms with van der Waals surface area (Å²) < 4.78 is 2.98. The van der Waals surface area contributed by atoms with Crippen molar-refractivity contribution < 1.29 is 0 Å². The second kappa shape index (κ2) is 5.40. The van der Waals surface area contributed by atoms with Gasteiger partial charge in [0.05, 0.1) is 12.1 Å². The minimum absolute atomic E-state index is 0.162. The molecule has 0 fully saturated rings. The second-order valence-corrected chi connectivity index (χ2v) is 7.15. The van der Waals surface area contributed by atoms with Crippen molar-refractivity contribution in [3.05, 3.63) is 56.7 Å². The third-order valence-corrected chi connectivity index (χ3v) is 5.35. The summed E-state index contributed by atoms with van der Waals surface area (Å²) in [6.07, 6.45) is 0.915. The molecular weight excluding hydrogens is 362 g/mol. The normalized spacial score (nSPS) is 20.4. The van der Waals surface area contributed by atoms with Crippen molar-refractivity contribution in [1.29, 1.82) is 0 Å². The summed E-state index contributed by atoms with van der Waals surface area (Å²) in [6.45, 7) is 0. The Labute approximate surface area is 140 Å². The van der Waals surface area contributed by atoms with Gasteiger partial charge in [0.2, 0.25) is 11.9 Å². The van der Waals surface area contributed by atoms with Crippen LogP contribution in [-0.4, -0.2) is 14.8 Å². The largest absolute Gasteiger partial charge is 0.366 e. The second-order valence-electron chi connectivity index (χ2n) is 5.25. The van der Waals surface area contributed by atoms with Crippen LogP contribution < -0.4 is 11.1 Å². The molecule has 0 saturated heterocycles. The molecule has 0 radical (unpaired) electrons. The van der Waals surface area contributed by atoms with Crippen molar-refractivity contribution in [2.24, 2.45) is 0 Å². The Kier molecular flexibility index (Phi) is 3.38. The Morgan fingerprint density at radius 2 is 2.09 bits per heavy atom. The lowest BCUT2D eigenvalue weighted by Gasteiger charge is -2.31. The summed E-state index contributed by atoms with van der Waals surface area (Å²) in [5.74, 6) is 1.04. The third-order valence-electron chi connectivity index (χ3n) is 3.85. The Morgan fingerprint density at radius 3 is 2.82 bits per heavy atom. The van der Waals surface area contributed by atoms with E-state index in [1.54, 1.807) is 11.3 Å². The summed E-state index contributed by atoms with van der Waals surface area (Å²) in [5.41, 5.74) is 7.03. The summed E-state index contributed by atoms with van der Waals surface area (Å²) in [4.78, 5) is 5.59. The monoisotopic (exact) mass is 375 g/mol. The maximum Gasteiger partial charge on any atom is 0.241 e. The maximum atomic E-state index is 5.79. The van der Waals surface area contributed by atoms with E-state index in [0.717, 1.165) is 16.8 Å². The summed E-state index contributed by atoms with van der Waals surface area (Å²) in [7, 11) is 0. The molecule has 2 atom stereocenters. The predicted molar refractivity (Wildman–Crippen MR) is 92.0 cm³/mol. The number of nitrogens with zero attached hydrogens (tertiary/aromatic N) is 3. The number of aromatic nitrogens is 3. The molecule has 1 aromatic carbocycles. The van der Waals surface area contributed by atoms with E-state index in [0.29, 0.717) is 5.95 Å². The number of nitrogens with two attached hydrogens (primary N) is 1. The number of nitrogen functional groups attached to an aromatic ring is 1. The number of halogens is 1. The molecule has 4 rings (SSSR count). The molecule has 0 bridgehead atoms. The van der Waals surface area contributed by atoms with Crippen LogP contribution in [0.25, 0.3) is 0 Å². The fourth-order valence-electron chi connectivity index (χ4n) is 2.83. The fourth-order valence-corrected chi connectivity index (χ4v) is 3.91. The van der Waals surface area contributed by atoms with E-state index < -0.39 is 0 Å². The number of anilines is 2. The van der Waals surface area contributed by atoms with E-state index >= 15 is 0 Å². The number of benzene rings is 1. The van der Waals surface area contributed by atoms with Crippen LogP contribution in [-0.2, 0) is 0 Å². The van der Waals surface area contributed by atoms with Gasteiger partial charge >= 0.3 is 0 Å². The Bertz CT molecular complexity index is 781. The van der Waals surface area contributed by atoms with E-state index in [-0.39, 0.29) is 12.1 Å². The van der Waals surface area contributed by atoms with Crippen LogP contribution in [0.5, 0.6) is 0 Å². The first-order valence-corrected chi connectivity index (χ1v) is 8.65. The van der Waals surface area contributed by atoms with E-state index in [9.17, 15) is 0 Å². The average Bonchev–Trinajstić information content (AvgIpc) is 3.15. The quantitative estimate of drug-likeness (QED) is 0.713. The molecule has 112 valence electrons. The lowest BCUT2D eigenvalue weighted by molar-refractivity contribution is 0.437. The molecule has 2 aromatic heterocycles. The molecule has 3 heterocycles. The van der Waals surface area contributed by atoms with Crippen LogP contribution in [0, 0.1) is 0 Å². The highest BCUT2D eigenvalue weighted by Crippen LogP contribution is 2.39. The summed E-state index contributed by atoms with van der Waals surface area (Å²) in [5, 5.41) is 9.88. The van der Waals surface area contributed by atoms with Gasteiger partial charge in [-0.2, -0.15) is 4.98 Å². The lowest BCUT2D eigenvalue weighted by Crippen LogP contribution is -2.27. The number of nitrogens with one attached hydrogen (secondary N) is 1. The van der Waals surface area contributed by atoms with Gasteiger partial charge in [-0.15, -0.1) is 16.4 Å². The molecule has 0 unspecified atom stereocenters. The first-order chi connectivity index (χ1) is 10.7. The lowest BCUT2D eigenvalue weighted by atomic mass is 9.97. The standard InChI is InChI=1S/C15H14BrN5S/c16-10-5-3-9(4-6-10)11-8-12(13-2-1-7-22-13)21-15(18-11)19-14(17)20-21/h1-7,11-12H,8H2,(H3,17,18,19,20)/t11-,12+/m1/s1. The zero-order valence-electron chi connectivity index (χ0n) is 11.6. The Balaban J connectivity index is 1.74. The number of rotatable bonds is 2. The Hall–Kier alpha value is -1.86. The van der Waals surface area contributed by atoms with E-state index in [4.69, 9.17) is 5.73 Å². The van der Waals surface area contributed by atoms with Gasteiger partial charge in [0, 0.05) is 9.35 Å². The molecule has 1 aliphatic heterocycles. The first kappa shape index (κ1) is 13.8. The van der Waals surface area contributed by atoms with E-state index in [1.165, 1.54) is 10.4 Å². The molecule has 3 N–H and O–H groups in total. The molecule has 5 nitrogen and oxygen atoms in total. The highest BCUT2D eigenvalue weighted by Gasteiger charge is 2.31. The van der Waals surface area contributed by atoms with Crippen molar-refractivity contribution in [2.75, 3.05) is 11.1 Å². The number of thiophene rings is 1. The smallest absolute Gasteiger partial charge is 0.241 e. The van der Waals surface area contributed by atoms with Gasteiger partial charge in [0.15, 0.2) is 0 Å². The van der Waals surface area contributed by atoms with Gasteiger partial charge in [-0.3, -0.25) is 0 Å².